The van der Waals surface area contributed by atoms with Crippen LogP contribution in [0.25, 0.3) is 10.9 Å². The average Bonchev–Trinajstić information content (AvgIpc) is 3.12. The molecule has 6 heteroatoms. The first kappa shape index (κ1) is 19.5. The first-order chi connectivity index (χ1) is 14.9. The third-order valence-electron chi connectivity index (χ3n) is 7.35. The van der Waals surface area contributed by atoms with E-state index in [9.17, 15) is 4.79 Å². The minimum absolute atomic E-state index is 0.115. The van der Waals surface area contributed by atoms with E-state index in [0.29, 0.717) is 6.04 Å². The molecule has 2 aliphatic heterocycles. The van der Waals surface area contributed by atoms with Gasteiger partial charge in [-0.25, -0.2) is 0 Å². The SMILES string of the molecule is CC1(C)c2cc(N3CCN(C4COC4)CC3)c(Br)cc2C(=O)c2c1[nH]c1ccccc21. The summed E-state index contributed by atoms with van der Waals surface area (Å²) in [6, 6.07) is 13.0. The third-order valence-corrected chi connectivity index (χ3v) is 7.99. The summed E-state index contributed by atoms with van der Waals surface area (Å²) in [7, 11) is 0. The Morgan fingerprint density at radius 2 is 1.84 bits per heavy atom. The van der Waals surface area contributed by atoms with Crippen LogP contribution in [0.2, 0.25) is 0 Å². The molecule has 3 heterocycles. The van der Waals surface area contributed by atoms with E-state index >= 15 is 0 Å². The van der Waals surface area contributed by atoms with Gasteiger partial charge in [0.05, 0.1) is 30.5 Å². The summed E-state index contributed by atoms with van der Waals surface area (Å²) < 4.78 is 6.37. The topological polar surface area (TPSA) is 48.6 Å². The Labute approximate surface area is 190 Å². The molecule has 31 heavy (non-hydrogen) atoms. The molecular weight excluding hydrogens is 454 g/mol. The van der Waals surface area contributed by atoms with Crippen LogP contribution in [-0.4, -0.2) is 61.1 Å². The second-order valence-corrected chi connectivity index (χ2v) is 10.3. The zero-order valence-electron chi connectivity index (χ0n) is 17.9. The maximum absolute atomic E-state index is 13.6. The van der Waals surface area contributed by atoms with Crippen LogP contribution in [-0.2, 0) is 10.2 Å². The molecule has 5 nitrogen and oxygen atoms in total. The molecule has 1 N–H and O–H groups in total. The number of aromatic amines is 1. The Kier molecular flexibility index (Phi) is 4.36. The van der Waals surface area contributed by atoms with Gasteiger partial charge in [0, 0.05) is 58.2 Å². The molecule has 2 saturated heterocycles. The summed E-state index contributed by atoms with van der Waals surface area (Å²) >= 11 is 3.79. The molecule has 2 aromatic carbocycles. The number of ether oxygens (including phenoxy) is 1. The molecule has 0 saturated carbocycles. The Morgan fingerprint density at radius 3 is 2.55 bits per heavy atom. The number of fused-ring (bicyclic) bond motifs is 4. The van der Waals surface area contributed by atoms with Crippen molar-refractivity contribution < 1.29 is 9.53 Å². The Bertz CT molecular complexity index is 1200. The summed E-state index contributed by atoms with van der Waals surface area (Å²) in [6.07, 6.45) is 0. The zero-order chi connectivity index (χ0) is 21.3. The first-order valence-corrected chi connectivity index (χ1v) is 11.8. The van der Waals surface area contributed by atoms with E-state index in [1.54, 1.807) is 0 Å². The number of hydrogen-bond donors (Lipinski definition) is 1. The predicted octanol–water partition coefficient (Wildman–Crippen LogP) is 4.32. The van der Waals surface area contributed by atoms with Crippen molar-refractivity contribution in [3.05, 3.63) is 63.3 Å². The van der Waals surface area contributed by atoms with Crippen LogP contribution in [0.4, 0.5) is 5.69 Å². The summed E-state index contributed by atoms with van der Waals surface area (Å²) in [5.41, 5.74) is 5.69. The first-order valence-electron chi connectivity index (χ1n) is 11.0. The highest BCUT2D eigenvalue weighted by atomic mass is 79.9. The number of rotatable bonds is 2. The highest BCUT2D eigenvalue weighted by Crippen LogP contribution is 2.46. The summed E-state index contributed by atoms with van der Waals surface area (Å²) in [5, 5.41) is 1.01. The molecule has 0 amide bonds. The molecule has 0 radical (unpaired) electrons. The molecule has 3 aromatic rings. The van der Waals surface area contributed by atoms with Crippen LogP contribution in [0.5, 0.6) is 0 Å². The van der Waals surface area contributed by atoms with E-state index < -0.39 is 0 Å². The van der Waals surface area contributed by atoms with Gasteiger partial charge in [0.2, 0.25) is 0 Å². The predicted molar refractivity (Wildman–Crippen MR) is 126 cm³/mol. The van der Waals surface area contributed by atoms with Gasteiger partial charge in [0.15, 0.2) is 5.78 Å². The lowest BCUT2D eigenvalue weighted by Gasteiger charge is -2.43. The number of piperazine rings is 1. The van der Waals surface area contributed by atoms with Crippen LogP contribution < -0.4 is 4.90 Å². The number of nitrogens with zero attached hydrogens (tertiary/aromatic N) is 2. The number of ketones is 1. The van der Waals surface area contributed by atoms with E-state index in [1.807, 2.05) is 24.3 Å². The Morgan fingerprint density at radius 1 is 1.10 bits per heavy atom. The largest absolute Gasteiger partial charge is 0.378 e. The van der Waals surface area contributed by atoms with Crippen molar-refractivity contribution in [2.45, 2.75) is 25.3 Å². The van der Waals surface area contributed by atoms with Crippen molar-refractivity contribution in [2.75, 3.05) is 44.3 Å². The number of carbonyl (C=O) groups is 1. The van der Waals surface area contributed by atoms with Crippen LogP contribution in [0.15, 0.2) is 40.9 Å². The van der Waals surface area contributed by atoms with E-state index in [2.05, 4.69) is 56.7 Å². The zero-order valence-corrected chi connectivity index (χ0v) is 19.5. The molecule has 1 aromatic heterocycles. The molecule has 3 aliphatic rings. The van der Waals surface area contributed by atoms with Gasteiger partial charge in [-0.15, -0.1) is 0 Å². The summed E-state index contributed by atoms with van der Waals surface area (Å²) in [6.45, 7) is 10.2. The third kappa shape index (κ3) is 2.85. The summed E-state index contributed by atoms with van der Waals surface area (Å²) in [4.78, 5) is 22.1. The van der Waals surface area contributed by atoms with Crippen molar-refractivity contribution >= 4 is 38.3 Å². The van der Waals surface area contributed by atoms with Crippen molar-refractivity contribution in [3.63, 3.8) is 0 Å². The fourth-order valence-electron chi connectivity index (χ4n) is 5.39. The molecule has 1 aliphatic carbocycles. The van der Waals surface area contributed by atoms with Gasteiger partial charge in [-0.3, -0.25) is 9.69 Å². The number of carbonyl (C=O) groups excluding carboxylic acids is 1. The van der Waals surface area contributed by atoms with Crippen LogP contribution in [0.1, 0.15) is 41.0 Å². The van der Waals surface area contributed by atoms with Crippen molar-refractivity contribution in [2.24, 2.45) is 0 Å². The summed E-state index contributed by atoms with van der Waals surface area (Å²) in [5.74, 6) is 0.115. The van der Waals surface area contributed by atoms with Crippen LogP contribution in [0.3, 0.4) is 0 Å². The minimum Gasteiger partial charge on any atom is -0.378 e. The van der Waals surface area contributed by atoms with Crippen LogP contribution >= 0.6 is 15.9 Å². The van der Waals surface area contributed by atoms with Gasteiger partial charge in [-0.1, -0.05) is 32.0 Å². The van der Waals surface area contributed by atoms with Gasteiger partial charge in [0.1, 0.15) is 0 Å². The fourth-order valence-corrected chi connectivity index (χ4v) is 5.98. The Balaban J connectivity index is 1.40. The highest BCUT2D eigenvalue weighted by Gasteiger charge is 2.40. The van der Waals surface area contributed by atoms with Crippen molar-refractivity contribution in [1.29, 1.82) is 0 Å². The number of anilines is 1. The smallest absolute Gasteiger partial charge is 0.195 e. The number of nitrogens with one attached hydrogen (secondary N) is 1. The molecule has 160 valence electrons. The van der Waals surface area contributed by atoms with Crippen LogP contribution in [0, 0.1) is 0 Å². The maximum Gasteiger partial charge on any atom is 0.195 e. The average molecular weight is 480 g/mol. The number of para-hydroxylation sites is 1. The van der Waals surface area contributed by atoms with Crippen molar-refractivity contribution in [3.8, 4) is 0 Å². The van der Waals surface area contributed by atoms with E-state index in [1.165, 1.54) is 5.69 Å². The molecule has 0 spiro atoms. The molecule has 0 bridgehead atoms. The Hall–Kier alpha value is -2.15. The van der Waals surface area contributed by atoms with E-state index in [-0.39, 0.29) is 11.2 Å². The van der Waals surface area contributed by atoms with E-state index in [0.717, 1.165) is 77.2 Å². The number of halogens is 1. The molecular formula is C25H26BrN3O2. The lowest BCUT2D eigenvalue weighted by Crippen LogP contribution is -2.56. The second kappa shape index (κ2) is 6.92. The highest BCUT2D eigenvalue weighted by molar-refractivity contribution is 9.10. The van der Waals surface area contributed by atoms with Gasteiger partial charge in [0.25, 0.3) is 0 Å². The molecule has 2 fully saturated rings. The van der Waals surface area contributed by atoms with Gasteiger partial charge < -0.3 is 14.6 Å². The normalized spacial score (nSPS) is 21.1. The van der Waals surface area contributed by atoms with E-state index in [4.69, 9.17) is 4.74 Å². The minimum atomic E-state index is -0.280. The fraction of sp³-hybridized carbons (Fsp3) is 0.400. The van der Waals surface area contributed by atoms with Crippen molar-refractivity contribution in [1.82, 2.24) is 9.88 Å². The lowest BCUT2D eigenvalue weighted by molar-refractivity contribution is -0.0660. The monoisotopic (exact) mass is 479 g/mol. The van der Waals surface area contributed by atoms with Gasteiger partial charge in [-0.2, -0.15) is 0 Å². The van der Waals surface area contributed by atoms with Gasteiger partial charge in [-0.05, 0) is 39.7 Å². The molecule has 0 unspecified atom stereocenters. The lowest BCUT2D eigenvalue weighted by atomic mass is 9.71. The molecule has 6 rings (SSSR count). The van der Waals surface area contributed by atoms with Gasteiger partial charge >= 0.3 is 0 Å². The number of aromatic nitrogens is 1. The standard InChI is InChI=1S/C25H26BrN3O2/c1-25(2)18-12-21(29-9-7-28(8-10-29)15-13-31-14-15)19(26)11-17(18)23(30)22-16-5-3-4-6-20(16)27-24(22)25/h3-6,11-12,15,27H,7-10,13-14H2,1-2H3. The molecule has 0 atom stereocenters. The quantitative estimate of drug-likeness (QED) is 0.594. The maximum atomic E-state index is 13.6. The second-order valence-electron chi connectivity index (χ2n) is 9.44. The number of H-pyrrole nitrogens is 1. The number of hydrogen-bond acceptors (Lipinski definition) is 4. The number of benzene rings is 2.